The molecule has 0 fully saturated rings. The second-order valence-corrected chi connectivity index (χ2v) is 19.3. The predicted octanol–water partition coefficient (Wildman–Crippen LogP) is 18.6. The summed E-state index contributed by atoms with van der Waals surface area (Å²) in [6.07, 6.45) is 0. The summed E-state index contributed by atoms with van der Waals surface area (Å²) < 4.78 is 217. The van der Waals surface area contributed by atoms with Gasteiger partial charge in [-0.3, -0.25) is 0 Å². The summed E-state index contributed by atoms with van der Waals surface area (Å²) in [4.78, 5) is 1.64. The smallest absolute Gasteiger partial charge is 0.0726 e. The maximum Gasteiger partial charge on any atom is 0.0726 e. The first-order valence-corrected chi connectivity index (χ1v) is 23.7. The van der Waals surface area contributed by atoms with Gasteiger partial charge in [-0.05, 0) is 164 Å². The lowest BCUT2D eigenvalue weighted by atomic mass is 9.70. The molecule has 15 rings (SSSR count). The van der Waals surface area contributed by atoms with Crippen LogP contribution < -0.4 is 4.90 Å². The summed E-state index contributed by atoms with van der Waals surface area (Å²) in [6, 6.07) is 27.6. The molecular formula is C71H51N. The Morgan fingerprint density at radius 1 is 0.361 bits per heavy atom. The number of rotatable bonds is 5. The van der Waals surface area contributed by atoms with E-state index in [2.05, 4.69) is 56.3 Å². The fourth-order valence-corrected chi connectivity index (χ4v) is 12.3. The first-order valence-electron chi connectivity index (χ1n) is 35.2. The highest BCUT2D eigenvalue weighted by Crippen LogP contribution is 2.63. The molecule has 0 unspecified atom stereocenters. The molecule has 340 valence electrons. The van der Waals surface area contributed by atoms with Crippen LogP contribution in [0.2, 0.25) is 0 Å². The fraction of sp³-hybridized carbons (Fsp3) is 0.0986. The zero-order valence-corrected chi connectivity index (χ0v) is 38.6. The minimum atomic E-state index is -3.81. The van der Waals surface area contributed by atoms with Crippen molar-refractivity contribution < 1.29 is 31.5 Å². The average Bonchev–Trinajstić information content (AvgIpc) is 1.54. The molecule has 1 heteroatoms. The monoisotopic (exact) mass is 941 g/mol. The zero-order valence-electron chi connectivity index (χ0n) is 61.6. The van der Waals surface area contributed by atoms with Crippen LogP contribution in [0.3, 0.4) is 0 Å². The largest absolute Gasteiger partial charge is 0.310 e. The number of anilines is 3. The minimum absolute atomic E-state index is 0.305. The summed E-state index contributed by atoms with van der Waals surface area (Å²) >= 11 is 0. The molecule has 0 aliphatic heterocycles. The normalized spacial score (nSPS) is 19.9. The Bertz CT molecular complexity index is 5260. The van der Waals surface area contributed by atoms with Crippen molar-refractivity contribution in [1.82, 2.24) is 0 Å². The van der Waals surface area contributed by atoms with Crippen LogP contribution in [0.4, 0.5) is 17.1 Å². The lowest BCUT2D eigenvalue weighted by molar-refractivity contribution is 0.660. The second kappa shape index (κ2) is 14.8. The van der Waals surface area contributed by atoms with Gasteiger partial charge in [0.15, 0.2) is 0 Å². The molecule has 0 atom stereocenters. The summed E-state index contributed by atoms with van der Waals surface area (Å²) in [7, 11) is 0. The van der Waals surface area contributed by atoms with Crippen LogP contribution in [0.1, 0.15) is 104 Å². The quantitative estimate of drug-likeness (QED) is 0.166. The summed E-state index contributed by atoms with van der Waals surface area (Å²) in [6.45, 7) is -3.44. The van der Waals surface area contributed by atoms with Crippen LogP contribution in [-0.4, -0.2) is 0 Å². The lowest BCUT2D eigenvalue weighted by Gasteiger charge is -2.32. The number of hydrogen-bond acceptors (Lipinski definition) is 1. The van der Waals surface area contributed by atoms with E-state index in [-0.39, 0.29) is 5.69 Å². The number of fused-ring (bicyclic) bond motifs is 17. The van der Waals surface area contributed by atoms with Gasteiger partial charge in [0.05, 0.1) is 28.7 Å². The van der Waals surface area contributed by atoms with Crippen molar-refractivity contribution in [2.45, 2.75) is 43.8 Å². The van der Waals surface area contributed by atoms with Gasteiger partial charge in [0.25, 0.3) is 0 Å². The van der Waals surface area contributed by atoms with Crippen LogP contribution in [0.15, 0.2) is 236 Å². The van der Waals surface area contributed by atoms with Crippen LogP contribution in [-0.2, 0) is 16.2 Å². The van der Waals surface area contributed by atoms with Crippen LogP contribution >= 0.6 is 0 Å². The first-order chi connectivity index (χ1) is 44.8. The number of benzene rings is 11. The van der Waals surface area contributed by atoms with Gasteiger partial charge in [0.1, 0.15) is 0 Å². The minimum Gasteiger partial charge on any atom is -0.310 e. The maximum atomic E-state index is 10.4. The van der Waals surface area contributed by atoms with E-state index >= 15 is 0 Å². The van der Waals surface area contributed by atoms with Crippen LogP contribution in [0.25, 0.3) is 77.5 Å². The Morgan fingerprint density at radius 3 is 1.56 bits per heavy atom. The van der Waals surface area contributed by atoms with E-state index in [1.165, 1.54) is 0 Å². The van der Waals surface area contributed by atoms with Crippen molar-refractivity contribution in [3.8, 4) is 66.8 Å². The third kappa shape index (κ3) is 5.43. The van der Waals surface area contributed by atoms with Crippen molar-refractivity contribution in [1.29, 1.82) is 0 Å². The second-order valence-electron chi connectivity index (χ2n) is 19.3. The summed E-state index contributed by atoms with van der Waals surface area (Å²) in [5, 5.41) is -1.40. The van der Waals surface area contributed by atoms with Gasteiger partial charge in [-0.25, -0.2) is 0 Å². The third-order valence-corrected chi connectivity index (χ3v) is 15.4. The molecule has 11 aromatic carbocycles. The topological polar surface area (TPSA) is 3.24 Å². The van der Waals surface area contributed by atoms with Gasteiger partial charge < -0.3 is 4.90 Å². The van der Waals surface area contributed by atoms with E-state index in [1.807, 2.05) is 91.0 Å². The van der Waals surface area contributed by atoms with Crippen molar-refractivity contribution in [2.75, 3.05) is 4.90 Å². The molecular weight excluding hydrogens is 867 g/mol. The molecule has 1 spiro atoms. The Morgan fingerprint density at radius 2 is 0.889 bits per heavy atom. The summed E-state index contributed by atoms with van der Waals surface area (Å²) in [5.41, 5.74) is 0.166. The zero-order chi connectivity index (χ0) is 67.9. The van der Waals surface area contributed by atoms with E-state index in [0.29, 0.717) is 11.4 Å². The van der Waals surface area contributed by atoms with E-state index in [4.69, 9.17) is 15.1 Å². The van der Waals surface area contributed by atoms with Crippen LogP contribution in [0, 0.1) is 0 Å². The van der Waals surface area contributed by atoms with Crippen molar-refractivity contribution in [3.05, 3.63) is 281 Å². The molecule has 0 radical (unpaired) electrons. The molecule has 0 N–H and O–H groups in total. The SMILES string of the molecule is [2H]c1c([2H])c([2H])c2c(c1[2H])-c1c([2H])c(-c3c(-c4c([2H])c([2H])c(N(c5ccc6c(c5)C(C)(C)c5ccccc5-6)c5ccc6c(c5)C5(c7ccccc7-c7ccccc75)c5ccccc5-6)c([2H])c4[2H])c([2H])c([2H])c4c([2H])c([2H])c([2H])c([2H])c34)c([2H])c([2H])c1C2(C([2H])([2H])[2H])C([2H])([2H])[2H]. The number of nitrogens with zero attached hydrogens (tertiary/aromatic N) is 1. The van der Waals surface area contributed by atoms with Gasteiger partial charge in [0.2, 0.25) is 0 Å². The van der Waals surface area contributed by atoms with Gasteiger partial charge in [0, 0.05) is 36.1 Å². The van der Waals surface area contributed by atoms with Gasteiger partial charge in [-0.15, -0.1) is 0 Å². The highest BCUT2D eigenvalue weighted by atomic mass is 15.1. The molecule has 0 saturated carbocycles. The maximum absolute atomic E-state index is 10.4. The van der Waals surface area contributed by atoms with E-state index in [0.717, 1.165) is 66.8 Å². The molecule has 72 heavy (non-hydrogen) atoms. The van der Waals surface area contributed by atoms with Gasteiger partial charge >= 0.3 is 0 Å². The van der Waals surface area contributed by atoms with Crippen molar-refractivity contribution in [2.24, 2.45) is 0 Å². The van der Waals surface area contributed by atoms with Crippen LogP contribution in [0.5, 0.6) is 0 Å². The Labute approximate surface area is 454 Å². The summed E-state index contributed by atoms with van der Waals surface area (Å²) in [5.74, 6) is 0. The lowest BCUT2D eigenvalue weighted by Crippen LogP contribution is -2.26. The average molecular weight is 941 g/mol. The van der Waals surface area contributed by atoms with E-state index in [9.17, 15) is 16.4 Å². The highest BCUT2D eigenvalue weighted by Gasteiger charge is 2.52. The molecule has 4 aliphatic carbocycles. The molecule has 0 bridgehead atoms. The Balaban J connectivity index is 1.05. The molecule has 0 saturated heterocycles. The fourth-order valence-electron chi connectivity index (χ4n) is 12.3. The molecule has 11 aromatic rings. The molecule has 0 amide bonds. The Hall–Kier alpha value is -8.52. The molecule has 0 aromatic heterocycles. The van der Waals surface area contributed by atoms with Gasteiger partial charge in [-0.2, -0.15) is 0 Å². The van der Waals surface area contributed by atoms with E-state index < -0.39 is 188 Å². The molecule has 4 aliphatic rings. The standard InChI is InChI=1S/C71H51N/c1-69(2)61-25-13-8-23-56(61)59-41-46(32-40-62(59)69)68-50-18-6-5-17-44(50)31-37-51(68)45-29-33-47(34-30-45)72(48-35-38-57-52-19-7-12-24-60(52)70(3,4)66(57)42-48)49-36-39-58-55-22-11-16-28-65(55)71(67(58)43-49)63-26-14-9-20-53(63)54-21-10-15-27-64(54)71/h5-43H,1-4H3/i1D3,2D3,5D,6D,8D,13D,17D,18D,23D,25D,29D,30D,31D,32D,33D,34D,37D,40D,41D. The highest BCUT2D eigenvalue weighted by molar-refractivity contribution is 6.05. The van der Waals surface area contributed by atoms with E-state index in [1.54, 1.807) is 4.90 Å². The molecule has 0 heterocycles. The van der Waals surface area contributed by atoms with Gasteiger partial charge in [-0.1, -0.05) is 221 Å². The molecule has 1 nitrogen and oxygen atoms in total. The Kier molecular flexibility index (Phi) is 5.03. The first kappa shape index (κ1) is 24.5. The van der Waals surface area contributed by atoms with Crippen molar-refractivity contribution in [3.63, 3.8) is 0 Å². The number of hydrogen-bond donors (Lipinski definition) is 0. The third-order valence-electron chi connectivity index (χ3n) is 15.4. The van der Waals surface area contributed by atoms with Crippen molar-refractivity contribution >= 4 is 27.8 Å². The predicted molar refractivity (Wildman–Crippen MR) is 301 cm³/mol.